The number of carbonyl (C=O) groups is 2. The molecule has 9 heteroatoms. The van der Waals surface area contributed by atoms with E-state index in [9.17, 15) is 18.0 Å². The van der Waals surface area contributed by atoms with E-state index in [1.165, 1.54) is 7.05 Å². The maximum absolute atomic E-state index is 12.4. The van der Waals surface area contributed by atoms with E-state index in [0.717, 1.165) is 21.5 Å². The fourth-order valence-electron chi connectivity index (χ4n) is 2.34. The van der Waals surface area contributed by atoms with Crippen molar-refractivity contribution in [1.82, 2.24) is 13.9 Å². The zero-order chi connectivity index (χ0) is 15.6. The molecule has 0 aromatic rings. The summed E-state index contributed by atoms with van der Waals surface area (Å²) in [4.78, 5) is 22.7. The summed E-state index contributed by atoms with van der Waals surface area (Å²) in [5.41, 5.74) is 0. The Bertz CT molecular complexity index is 517. The molecule has 0 radical (unpaired) electrons. The first-order valence-electron chi connectivity index (χ1n) is 7.04. The summed E-state index contributed by atoms with van der Waals surface area (Å²) in [7, 11) is -2.46. The van der Waals surface area contributed by atoms with E-state index >= 15 is 0 Å². The van der Waals surface area contributed by atoms with Gasteiger partial charge in [-0.15, -0.1) is 0 Å². The highest BCUT2D eigenvalue weighted by Crippen LogP contribution is 2.21. The quantitative estimate of drug-likeness (QED) is 0.669. The van der Waals surface area contributed by atoms with Crippen LogP contribution in [0.1, 0.15) is 25.7 Å². The first kappa shape index (κ1) is 16.2. The molecule has 0 spiro atoms. The Labute approximate surface area is 124 Å². The Kier molecular flexibility index (Phi) is 4.84. The number of nitrogens with one attached hydrogen (secondary N) is 1. The van der Waals surface area contributed by atoms with Crippen LogP contribution in [0.4, 0.5) is 0 Å². The van der Waals surface area contributed by atoms with Gasteiger partial charge in [0.1, 0.15) is 0 Å². The number of likely N-dealkylation sites (N-methyl/N-ethyl adjacent to an activating group) is 1. The van der Waals surface area contributed by atoms with Crippen LogP contribution in [0, 0.1) is 5.92 Å². The van der Waals surface area contributed by atoms with Gasteiger partial charge in [0, 0.05) is 26.2 Å². The van der Waals surface area contributed by atoms with Gasteiger partial charge in [-0.25, -0.2) is 0 Å². The minimum atomic E-state index is -3.80. The standard InChI is InChI=1S/C12H21N3O5S/c1-14(8-11(16)13-10-4-5-10)21(19,20)15-6-2-3-9(7-15)12(17)18/h9-10H,2-8H2,1H3,(H,13,16)(H,17,18). The summed E-state index contributed by atoms with van der Waals surface area (Å²) in [5, 5.41) is 11.7. The van der Waals surface area contributed by atoms with Gasteiger partial charge in [0.15, 0.2) is 0 Å². The van der Waals surface area contributed by atoms with E-state index in [1.54, 1.807) is 0 Å². The number of nitrogens with zero attached hydrogens (tertiary/aromatic N) is 2. The molecular weight excluding hydrogens is 298 g/mol. The van der Waals surface area contributed by atoms with E-state index in [4.69, 9.17) is 5.11 Å². The summed E-state index contributed by atoms with van der Waals surface area (Å²) in [6.07, 6.45) is 2.87. The van der Waals surface area contributed by atoms with Gasteiger partial charge in [-0.3, -0.25) is 9.59 Å². The van der Waals surface area contributed by atoms with Crippen LogP contribution in [-0.2, 0) is 19.8 Å². The van der Waals surface area contributed by atoms with E-state index in [-0.39, 0.29) is 25.0 Å². The topological polar surface area (TPSA) is 107 Å². The van der Waals surface area contributed by atoms with Crippen molar-refractivity contribution in [1.29, 1.82) is 0 Å². The molecule has 2 N–H and O–H groups in total. The smallest absolute Gasteiger partial charge is 0.307 e. The van der Waals surface area contributed by atoms with Crippen LogP contribution in [0.3, 0.4) is 0 Å². The molecule has 8 nitrogen and oxygen atoms in total. The monoisotopic (exact) mass is 319 g/mol. The van der Waals surface area contributed by atoms with Crippen molar-refractivity contribution < 1.29 is 23.1 Å². The van der Waals surface area contributed by atoms with Crippen LogP contribution < -0.4 is 5.32 Å². The minimum Gasteiger partial charge on any atom is -0.481 e. The summed E-state index contributed by atoms with van der Waals surface area (Å²) >= 11 is 0. The molecule has 1 aliphatic carbocycles. The third-order valence-corrected chi connectivity index (χ3v) is 5.66. The van der Waals surface area contributed by atoms with Crippen LogP contribution in [0.25, 0.3) is 0 Å². The number of piperidine rings is 1. The maximum Gasteiger partial charge on any atom is 0.307 e. The fourth-order valence-corrected chi connectivity index (χ4v) is 3.74. The van der Waals surface area contributed by atoms with Crippen LogP contribution in [0.15, 0.2) is 0 Å². The molecule has 1 heterocycles. The largest absolute Gasteiger partial charge is 0.481 e. The van der Waals surface area contributed by atoms with Gasteiger partial charge in [-0.05, 0) is 25.7 Å². The lowest BCUT2D eigenvalue weighted by Crippen LogP contribution is -2.50. The first-order valence-corrected chi connectivity index (χ1v) is 8.44. The van der Waals surface area contributed by atoms with E-state index in [1.807, 2.05) is 0 Å². The van der Waals surface area contributed by atoms with Gasteiger partial charge in [-0.2, -0.15) is 17.0 Å². The molecule has 1 unspecified atom stereocenters. The zero-order valence-electron chi connectivity index (χ0n) is 12.0. The number of aliphatic carboxylic acids is 1. The number of hydrogen-bond acceptors (Lipinski definition) is 4. The molecule has 0 aromatic heterocycles. The molecule has 1 saturated heterocycles. The first-order chi connectivity index (χ1) is 9.80. The Morgan fingerprint density at radius 2 is 2.00 bits per heavy atom. The average Bonchev–Trinajstić information content (AvgIpc) is 3.22. The van der Waals surface area contributed by atoms with Crippen LogP contribution in [0.2, 0.25) is 0 Å². The van der Waals surface area contributed by atoms with Crippen molar-refractivity contribution in [2.24, 2.45) is 5.92 Å². The molecule has 1 saturated carbocycles. The fraction of sp³-hybridized carbons (Fsp3) is 0.833. The predicted molar refractivity (Wildman–Crippen MR) is 74.6 cm³/mol. The third-order valence-electron chi connectivity index (χ3n) is 3.76. The molecule has 1 aliphatic heterocycles. The van der Waals surface area contributed by atoms with E-state index in [0.29, 0.717) is 19.4 Å². The maximum atomic E-state index is 12.4. The minimum absolute atomic E-state index is 0.0355. The molecule has 0 aromatic carbocycles. The van der Waals surface area contributed by atoms with Crippen molar-refractivity contribution in [3.8, 4) is 0 Å². The number of carboxylic acid groups (broad SMARTS) is 1. The predicted octanol–water partition coefficient (Wildman–Crippen LogP) is -0.762. The van der Waals surface area contributed by atoms with E-state index in [2.05, 4.69) is 5.32 Å². The second-order valence-electron chi connectivity index (χ2n) is 5.64. The number of carboxylic acids is 1. The summed E-state index contributed by atoms with van der Waals surface area (Å²) in [6, 6.07) is 0.181. The number of hydrogen-bond donors (Lipinski definition) is 2. The van der Waals surface area contributed by atoms with Gasteiger partial charge >= 0.3 is 5.97 Å². The zero-order valence-corrected chi connectivity index (χ0v) is 12.8. The highest BCUT2D eigenvalue weighted by atomic mass is 32.2. The molecule has 1 atom stereocenters. The molecule has 2 rings (SSSR count). The SMILES string of the molecule is CN(CC(=O)NC1CC1)S(=O)(=O)N1CCCC(C(=O)O)C1. The summed E-state index contributed by atoms with van der Waals surface area (Å²) in [6.45, 7) is 0.0139. The Balaban J connectivity index is 1.95. The van der Waals surface area contributed by atoms with Crippen LogP contribution >= 0.6 is 0 Å². The lowest BCUT2D eigenvalue weighted by atomic mass is 10.0. The normalized spacial score (nSPS) is 24.0. The Morgan fingerprint density at radius 1 is 1.33 bits per heavy atom. The molecule has 1 amide bonds. The molecule has 120 valence electrons. The van der Waals surface area contributed by atoms with Gasteiger partial charge < -0.3 is 10.4 Å². The Hall–Kier alpha value is -1.19. The second-order valence-corrected chi connectivity index (χ2v) is 7.68. The molecule has 2 fully saturated rings. The highest BCUT2D eigenvalue weighted by molar-refractivity contribution is 7.86. The van der Waals surface area contributed by atoms with Gasteiger partial charge in [-0.1, -0.05) is 0 Å². The van der Waals surface area contributed by atoms with Crippen molar-refractivity contribution in [3.05, 3.63) is 0 Å². The van der Waals surface area contributed by atoms with Crippen LogP contribution in [0.5, 0.6) is 0 Å². The average molecular weight is 319 g/mol. The lowest BCUT2D eigenvalue weighted by molar-refractivity contribution is -0.143. The van der Waals surface area contributed by atoms with Gasteiger partial charge in [0.05, 0.1) is 12.5 Å². The number of amides is 1. The van der Waals surface area contributed by atoms with Crippen molar-refractivity contribution in [2.75, 3.05) is 26.7 Å². The Morgan fingerprint density at radius 3 is 2.57 bits per heavy atom. The van der Waals surface area contributed by atoms with Gasteiger partial charge in [0.25, 0.3) is 10.2 Å². The summed E-state index contributed by atoms with van der Waals surface area (Å²) in [5.74, 6) is -1.98. The van der Waals surface area contributed by atoms with Crippen molar-refractivity contribution in [2.45, 2.75) is 31.7 Å². The van der Waals surface area contributed by atoms with Crippen molar-refractivity contribution in [3.63, 3.8) is 0 Å². The molecule has 21 heavy (non-hydrogen) atoms. The lowest BCUT2D eigenvalue weighted by Gasteiger charge is -2.32. The van der Waals surface area contributed by atoms with Crippen molar-refractivity contribution >= 4 is 22.1 Å². The van der Waals surface area contributed by atoms with Crippen LogP contribution in [-0.4, -0.2) is 66.7 Å². The molecular formula is C12H21N3O5S. The number of rotatable bonds is 6. The highest BCUT2D eigenvalue weighted by Gasteiger charge is 2.35. The van der Waals surface area contributed by atoms with E-state index < -0.39 is 22.1 Å². The molecule has 0 bridgehead atoms. The van der Waals surface area contributed by atoms with Gasteiger partial charge in [0.2, 0.25) is 5.91 Å². The molecule has 2 aliphatic rings. The third kappa shape index (κ3) is 4.14. The number of carbonyl (C=O) groups excluding carboxylic acids is 1. The summed E-state index contributed by atoms with van der Waals surface area (Å²) < 4.78 is 26.9. The second kappa shape index (κ2) is 6.29.